The largest absolute Gasteiger partial charge is 0.493 e. The summed E-state index contributed by atoms with van der Waals surface area (Å²) in [7, 11) is 0. The molecule has 7 nitrogen and oxygen atoms in total. The lowest BCUT2D eigenvalue weighted by molar-refractivity contribution is -0.385. The first-order chi connectivity index (χ1) is 8.40. The monoisotopic (exact) mass is 317 g/mol. The van der Waals surface area contributed by atoms with Crippen molar-refractivity contribution in [2.24, 2.45) is 11.5 Å². The molecule has 0 aliphatic carbocycles. The van der Waals surface area contributed by atoms with Gasteiger partial charge in [0.1, 0.15) is 5.75 Å². The molecule has 1 unspecified atom stereocenters. The predicted octanol–water partition coefficient (Wildman–Crippen LogP) is 0.939. The lowest BCUT2D eigenvalue weighted by atomic mass is 10.2. The zero-order valence-electron chi connectivity index (χ0n) is 9.34. The summed E-state index contributed by atoms with van der Waals surface area (Å²) in [6, 6.07) is 3.46. The van der Waals surface area contributed by atoms with Crippen molar-refractivity contribution < 1.29 is 14.5 Å². The Hall–Kier alpha value is -1.67. The van der Waals surface area contributed by atoms with E-state index < -0.39 is 16.9 Å². The average molecular weight is 318 g/mol. The predicted molar refractivity (Wildman–Crippen MR) is 68.1 cm³/mol. The minimum Gasteiger partial charge on any atom is -0.493 e. The Labute approximate surface area is 111 Å². The Balaban J connectivity index is 2.62. The third kappa shape index (κ3) is 4.30. The van der Waals surface area contributed by atoms with Crippen molar-refractivity contribution in [1.82, 2.24) is 0 Å². The van der Waals surface area contributed by atoms with Gasteiger partial charge in [0.2, 0.25) is 5.91 Å². The number of carbonyl (C=O) groups excluding carboxylic acids is 1. The van der Waals surface area contributed by atoms with Crippen LogP contribution in [0, 0.1) is 10.1 Å². The summed E-state index contributed by atoms with van der Waals surface area (Å²) in [4.78, 5) is 20.8. The number of nitrogens with zero attached hydrogens (tertiary/aromatic N) is 1. The van der Waals surface area contributed by atoms with Crippen molar-refractivity contribution in [3.05, 3.63) is 32.8 Å². The molecule has 4 N–H and O–H groups in total. The van der Waals surface area contributed by atoms with Crippen LogP contribution >= 0.6 is 15.9 Å². The number of halogens is 1. The van der Waals surface area contributed by atoms with Gasteiger partial charge < -0.3 is 16.2 Å². The number of amides is 1. The van der Waals surface area contributed by atoms with Gasteiger partial charge in [-0.05, 0) is 6.07 Å². The number of hydrogen-bond acceptors (Lipinski definition) is 5. The van der Waals surface area contributed by atoms with Crippen molar-refractivity contribution in [1.29, 1.82) is 0 Å². The van der Waals surface area contributed by atoms with Crippen LogP contribution in [0.3, 0.4) is 0 Å². The Morgan fingerprint density at radius 2 is 2.17 bits per heavy atom. The van der Waals surface area contributed by atoms with Gasteiger partial charge in [0, 0.05) is 17.0 Å². The van der Waals surface area contributed by atoms with Crippen LogP contribution in [0.15, 0.2) is 22.7 Å². The summed E-state index contributed by atoms with van der Waals surface area (Å²) in [6.07, 6.45) is 0.246. The van der Waals surface area contributed by atoms with Crippen molar-refractivity contribution >= 4 is 27.5 Å². The van der Waals surface area contributed by atoms with E-state index in [9.17, 15) is 14.9 Å². The second kappa shape index (κ2) is 6.31. The molecule has 0 aliphatic rings. The van der Waals surface area contributed by atoms with Gasteiger partial charge in [0.05, 0.1) is 23.6 Å². The molecule has 0 radical (unpaired) electrons. The minimum absolute atomic E-state index is 0.0847. The fraction of sp³-hybridized carbons (Fsp3) is 0.300. The van der Waals surface area contributed by atoms with Crippen LogP contribution in [-0.4, -0.2) is 23.5 Å². The highest BCUT2D eigenvalue weighted by Gasteiger charge is 2.11. The van der Waals surface area contributed by atoms with Crippen molar-refractivity contribution in [3.8, 4) is 5.75 Å². The number of primary amides is 1. The molecule has 1 aromatic carbocycles. The van der Waals surface area contributed by atoms with Crippen molar-refractivity contribution in [3.63, 3.8) is 0 Å². The van der Waals surface area contributed by atoms with Crippen LogP contribution in [0.5, 0.6) is 5.75 Å². The van der Waals surface area contributed by atoms with Crippen molar-refractivity contribution in [2.75, 3.05) is 6.61 Å². The normalized spacial score (nSPS) is 11.9. The molecule has 0 spiro atoms. The molecule has 1 aromatic rings. The summed E-state index contributed by atoms with van der Waals surface area (Å²) >= 11 is 3.14. The van der Waals surface area contributed by atoms with Gasteiger partial charge in [0.25, 0.3) is 5.69 Å². The van der Waals surface area contributed by atoms with Gasteiger partial charge in [0.15, 0.2) is 0 Å². The van der Waals surface area contributed by atoms with E-state index in [-0.39, 0.29) is 18.7 Å². The zero-order valence-corrected chi connectivity index (χ0v) is 10.9. The SMILES string of the molecule is NC(=O)C(N)CCOc1cc(Br)cc([N+](=O)[O-])c1. The van der Waals surface area contributed by atoms with Crippen molar-refractivity contribution in [2.45, 2.75) is 12.5 Å². The lowest BCUT2D eigenvalue weighted by Crippen LogP contribution is -2.37. The van der Waals surface area contributed by atoms with E-state index in [0.29, 0.717) is 10.2 Å². The average Bonchev–Trinajstić information content (AvgIpc) is 2.27. The van der Waals surface area contributed by atoms with E-state index in [0.717, 1.165) is 0 Å². The number of rotatable bonds is 6. The topological polar surface area (TPSA) is 121 Å². The molecular formula is C10H12BrN3O4. The maximum atomic E-state index is 10.7. The highest BCUT2D eigenvalue weighted by Crippen LogP contribution is 2.26. The number of hydrogen-bond donors (Lipinski definition) is 2. The van der Waals surface area contributed by atoms with Gasteiger partial charge in [-0.3, -0.25) is 14.9 Å². The first kappa shape index (κ1) is 14.4. The van der Waals surface area contributed by atoms with Gasteiger partial charge >= 0.3 is 0 Å². The second-order valence-electron chi connectivity index (χ2n) is 3.55. The van der Waals surface area contributed by atoms with Crippen LogP contribution in [-0.2, 0) is 4.79 Å². The number of nitrogens with two attached hydrogens (primary N) is 2. The Morgan fingerprint density at radius 1 is 1.50 bits per heavy atom. The second-order valence-corrected chi connectivity index (χ2v) is 4.46. The van der Waals surface area contributed by atoms with E-state index in [1.807, 2.05) is 0 Å². The first-order valence-electron chi connectivity index (χ1n) is 5.03. The molecule has 0 aliphatic heterocycles. The summed E-state index contributed by atoms with van der Waals surface area (Å²) in [5.41, 5.74) is 10.3. The molecule has 98 valence electrons. The number of nitro groups is 1. The molecule has 1 amide bonds. The van der Waals surface area contributed by atoms with E-state index in [2.05, 4.69) is 15.9 Å². The third-order valence-electron chi connectivity index (χ3n) is 2.13. The molecule has 0 fully saturated rings. The Kier molecular flexibility index (Phi) is 5.05. The van der Waals surface area contributed by atoms with Crippen LogP contribution in [0.4, 0.5) is 5.69 Å². The number of benzene rings is 1. The smallest absolute Gasteiger partial charge is 0.274 e. The van der Waals surface area contributed by atoms with Gasteiger partial charge in [-0.15, -0.1) is 0 Å². The first-order valence-corrected chi connectivity index (χ1v) is 5.82. The number of carbonyl (C=O) groups is 1. The maximum Gasteiger partial charge on any atom is 0.274 e. The summed E-state index contributed by atoms with van der Waals surface area (Å²) in [6.45, 7) is 0.151. The molecule has 0 bridgehead atoms. The quantitative estimate of drug-likeness (QED) is 0.597. The highest BCUT2D eigenvalue weighted by atomic mass is 79.9. The molecular weight excluding hydrogens is 306 g/mol. The van der Waals surface area contributed by atoms with Gasteiger partial charge in [-0.25, -0.2) is 0 Å². The zero-order chi connectivity index (χ0) is 13.7. The van der Waals surface area contributed by atoms with E-state index in [1.165, 1.54) is 12.1 Å². The summed E-state index contributed by atoms with van der Waals surface area (Å²) < 4.78 is 5.81. The van der Waals surface area contributed by atoms with Crippen LogP contribution in [0.2, 0.25) is 0 Å². The Morgan fingerprint density at radius 3 is 2.72 bits per heavy atom. The van der Waals surface area contributed by atoms with E-state index in [4.69, 9.17) is 16.2 Å². The van der Waals surface area contributed by atoms with Crippen LogP contribution < -0.4 is 16.2 Å². The number of nitro benzene ring substituents is 1. The molecule has 0 aromatic heterocycles. The number of non-ortho nitro benzene ring substituents is 1. The van der Waals surface area contributed by atoms with E-state index >= 15 is 0 Å². The molecule has 1 atom stereocenters. The maximum absolute atomic E-state index is 10.7. The molecule has 8 heteroatoms. The van der Waals surface area contributed by atoms with Crippen LogP contribution in [0.1, 0.15) is 6.42 Å². The fourth-order valence-corrected chi connectivity index (χ4v) is 1.64. The highest BCUT2D eigenvalue weighted by molar-refractivity contribution is 9.10. The molecule has 0 heterocycles. The molecule has 1 rings (SSSR count). The summed E-state index contributed by atoms with van der Waals surface area (Å²) in [5, 5.41) is 10.6. The molecule has 18 heavy (non-hydrogen) atoms. The third-order valence-corrected chi connectivity index (χ3v) is 2.59. The lowest BCUT2D eigenvalue weighted by Gasteiger charge is -2.09. The number of ether oxygens (including phenoxy) is 1. The molecule has 0 saturated heterocycles. The van der Waals surface area contributed by atoms with Gasteiger partial charge in [-0.2, -0.15) is 0 Å². The summed E-state index contributed by atoms with van der Waals surface area (Å²) in [5.74, 6) is -0.286. The Bertz CT molecular complexity index is 466. The fourth-order valence-electron chi connectivity index (χ4n) is 1.18. The van der Waals surface area contributed by atoms with Crippen LogP contribution in [0.25, 0.3) is 0 Å². The standard InChI is InChI=1S/C10H12BrN3O4/c11-6-3-7(14(16)17)5-8(4-6)18-2-1-9(12)10(13)15/h3-5,9H,1-2,12H2,(H2,13,15). The van der Waals surface area contributed by atoms with Gasteiger partial charge in [-0.1, -0.05) is 15.9 Å². The van der Waals surface area contributed by atoms with E-state index in [1.54, 1.807) is 6.07 Å². The molecule has 0 saturated carbocycles. The minimum atomic E-state index is -0.785.